The van der Waals surface area contributed by atoms with Gasteiger partial charge in [-0.15, -0.1) is 0 Å². The van der Waals surface area contributed by atoms with E-state index in [9.17, 15) is 27.9 Å². The molecule has 3 atom stereocenters. The Morgan fingerprint density at radius 2 is 1.67 bits per heavy atom. The van der Waals surface area contributed by atoms with Crippen molar-refractivity contribution >= 4 is 34.0 Å². The number of hydrazine groups is 1. The summed E-state index contributed by atoms with van der Waals surface area (Å²) in [6, 6.07) is 14.7. The van der Waals surface area contributed by atoms with Crippen LogP contribution in [0.15, 0.2) is 65.6 Å². The van der Waals surface area contributed by atoms with E-state index in [1.54, 1.807) is 32.1 Å². The number of allylic oxidation sites excluding steroid dienone is 1. The summed E-state index contributed by atoms with van der Waals surface area (Å²) in [7, 11) is -4.02. The zero-order chi connectivity index (χ0) is 32.2. The van der Waals surface area contributed by atoms with E-state index in [2.05, 4.69) is 5.43 Å². The van der Waals surface area contributed by atoms with Gasteiger partial charge >= 0.3 is 5.97 Å². The second kappa shape index (κ2) is 16.3. The van der Waals surface area contributed by atoms with Crippen molar-refractivity contribution in [3.63, 3.8) is 0 Å². The van der Waals surface area contributed by atoms with Crippen LogP contribution in [0.5, 0.6) is 0 Å². The number of nitrogens with zero attached hydrogens (tertiary/aromatic N) is 1. The van der Waals surface area contributed by atoms with Gasteiger partial charge in [-0.1, -0.05) is 86.4 Å². The molecule has 3 rings (SSSR count). The molecule has 2 aromatic rings. The van der Waals surface area contributed by atoms with Gasteiger partial charge in [-0.25, -0.2) is 5.01 Å². The number of rotatable bonds is 11. The Morgan fingerprint density at radius 3 is 2.16 bits per heavy atom. The summed E-state index contributed by atoms with van der Waals surface area (Å²) in [4.78, 5) is 38.4. The van der Waals surface area contributed by atoms with E-state index in [0.29, 0.717) is 12.8 Å². The Morgan fingerprint density at radius 1 is 1.09 bits per heavy atom. The van der Waals surface area contributed by atoms with Crippen LogP contribution in [0.4, 0.5) is 0 Å². The standard InChI is InChI=1S/C25H37N3O4.C7H8O3S/c1-4-17-25(3,21(23(30)31)16-10-13-19-11-6-5-7-12-19)24(32)27-28(22(29)18(2)26)20-14-8-9-15-20;1-6-2-4-7(5-3-6)11(8,9)10/h5-7,10-13,18,20-21H,4,8-9,14-17,26H2,1-3H3,(H,27,32)(H,30,31);2-5H,1H3,(H,8,9,10)/b13-10+;/t18-,21+,25+;/m1./s1. The fourth-order valence-electron chi connectivity index (χ4n) is 5.16. The first-order valence-electron chi connectivity index (χ1n) is 14.6. The summed E-state index contributed by atoms with van der Waals surface area (Å²) in [6.07, 6.45) is 8.47. The zero-order valence-electron chi connectivity index (χ0n) is 25.4. The molecule has 236 valence electrons. The van der Waals surface area contributed by atoms with Crippen molar-refractivity contribution < 1.29 is 32.5 Å². The number of amides is 2. The number of carbonyl (C=O) groups is 3. The van der Waals surface area contributed by atoms with E-state index in [0.717, 1.165) is 36.8 Å². The van der Waals surface area contributed by atoms with Gasteiger partial charge in [0.2, 0.25) is 5.91 Å². The highest BCUT2D eigenvalue weighted by Gasteiger charge is 2.45. The first-order chi connectivity index (χ1) is 20.2. The predicted molar refractivity (Wildman–Crippen MR) is 166 cm³/mol. The molecule has 1 fully saturated rings. The normalized spacial score (nSPS) is 16.4. The lowest BCUT2D eigenvalue weighted by molar-refractivity contribution is -0.158. The molecule has 2 aromatic carbocycles. The summed E-state index contributed by atoms with van der Waals surface area (Å²) in [5, 5.41) is 11.4. The third-order valence-electron chi connectivity index (χ3n) is 7.69. The summed E-state index contributed by atoms with van der Waals surface area (Å²) in [5.41, 5.74) is 9.36. The smallest absolute Gasteiger partial charge is 0.307 e. The van der Waals surface area contributed by atoms with E-state index in [4.69, 9.17) is 10.3 Å². The molecule has 11 heteroatoms. The maximum atomic E-state index is 13.5. The summed E-state index contributed by atoms with van der Waals surface area (Å²) >= 11 is 0. The molecule has 0 unspecified atom stereocenters. The maximum absolute atomic E-state index is 13.5. The van der Waals surface area contributed by atoms with Crippen LogP contribution >= 0.6 is 0 Å². The number of carbonyl (C=O) groups excluding carboxylic acids is 2. The molecule has 0 aliphatic heterocycles. The first kappa shape index (κ1) is 35.7. The van der Waals surface area contributed by atoms with Crippen molar-refractivity contribution in [3.8, 4) is 0 Å². The van der Waals surface area contributed by atoms with Crippen LogP contribution in [-0.4, -0.2) is 53.0 Å². The fourth-order valence-corrected chi connectivity index (χ4v) is 5.64. The van der Waals surface area contributed by atoms with Crippen LogP contribution in [-0.2, 0) is 24.5 Å². The Kier molecular flexibility index (Phi) is 13.6. The van der Waals surface area contributed by atoms with E-state index in [1.165, 1.54) is 17.1 Å². The van der Waals surface area contributed by atoms with Crippen molar-refractivity contribution in [1.29, 1.82) is 0 Å². The molecule has 0 heterocycles. The molecule has 43 heavy (non-hydrogen) atoms. The average Bonchev–Trinajstić information content (AvgIpc) is 3.49. The minimum atomic E-state index is -4.02. The Labute approximate surface area is 255 Å². The minimum absolute atomic E-state index is 0.0666. The van der Waals surface area contributed by atoms with Gasteiger partial charge in [-0.3, -0.25) is 24.4 Å². The third-order valence-corrected chi connectivity index (χ3v) is 8.56. The number of aliphatic carboxylic acids is 1. The molecule has 0 bridgehead atoms. The molecular formula is C32H45N3O7S. The highest BCUT2D eigenvalue weighted by atomic mass is 32.2. The van der Waals surface area contributed by atoms with Crippen molar-refractivity contribution in [2.45, 2.75) is 89.6 Å². The van der Waals surface area contributed by atoms with Crippen LogP contribution in [0, 0.1) is 18.3 Å². The molecule has 1 aliphatic carbocycles. The number of nitrogens with two attached hydrogens (primary N) is 1. The topological polar surface area (TPSA) is 167 Å². The molecule has 1 saturated carbocycles. The number of carboxylic acids is 1. The SMILES string of the molecule is CCC[C@](C)(C(=O)NN(C(=O)[C@@H](C)N)C1CCCC1)[C@@H](C/C=C/c1ccccc1)C(=O)O.Cc1ccc(S(=O)(=O)O)cc1. The van der Waals surface area contributed by atoms with Crippen molar-refractivity contribution in [3.05, 3.63) is 71.8 Å². The van der Waals surface area contributed by atoms with Crippen molar-refractivity contribution in [2.75, 3.05) is 0 Å². The molecule has 0 saturated heterocycles. The van der Waals surface area contributed by atoms with Gasteiger partial charge in [0.25, 0.3) is 16.0 Å². The lowest BCUT2D eigenvalue weighted by atomic mass is 9.71. The molecule has 0 radical (unpaired) electrons. The van der Waals surface area contributed by atoms with Gasteiger partial charge in [0.1, 0.15) is 0 Å². The summed E-state index contributed by atoms with van der Waals surface area (Å²) < 4.78 is 29.6. The number of aryl methyl sites for hydroxylation is 1. The van der Waals surface area contributed by atoms with E-state index < -0.39 is 39.4 Å². The quantitative estimate of drug-likeness (QED) is 0.203. The van der Waals surface area contributed by atoms with E-state index in [-0.39, 0.29) is 23.3 Å². The fraction of sp³-hybridized carbons (Fsp3) is 0.469. The van der Waals surface area contributed by atoms with Gasteiger partial charge in [0, 0.05) is 0 Å². The van der Waals surface area contributed by atoms with Gasteiger partial charge < -0.3 is 10.8 Å². The Balaban J connectivity index is 0.000000490. The van der Waals surface area contributed by atoms with Gasteiger partial charge in [-0.2, -0.15) is 8.42 Å². The van der Waals surface area contributed by atoms with E-state index >= 15 is 0 Å². The van der Waals surface area contributed by atoms with E-state index in [1.807, 2.05) is 50.3 Å². The molecule has 2 amide bonds. The highest BCUT2D eigenvalue weighted by Crippen LogP contribution is 2.37. The largest absolute Gasteiger partial charge is 0.481 e. The van der Waals surface area contributed by atoms with Crippen LogP contribution < -0.4 is 11.2 Å². The monoisotopic (exact) mass is 615 g/mol. The lowest BCUT2D eigenvalue weighted by Gasteiger charge is -2.38. The number of benzene rings is 2. The maximum Gasteiger partial charge on any atom is 0.307 e. The van der Waals surface area contributed by atoms with Crippen LogP contribution in [0.25, 0.3) is 6.08 Å². The molecule has 0 spiro atoms. The second-order valence-electron chi connectivity index (χ2n) is 11.3. The lowest BCUT2D eigenvalue weighted by Crippen LogP contribution is -2.59. The van der Waals surface area contributed by atoms with Gasteiger partial charge in [0.15, 0.2) is 0 Å². The predicted octanol–water partition coefficient (Wildman–Crippen LogP) is 4.99. The van der Waals surface area contributed by atoms with Crippen molar-refractivity contribution in [1.82, 2.24) is 10.4 Å². The molecule has 1 aliphatic rings. The number of carboxylic acid groups (broad SMARTS) is 1. The Bertz CT molecular complexity index is 1340. The zero-order valence-corrected chi connectivity index (χ0v) is 26.2. The summed E-state index contributed by atoms with van der Waals surface area (Å²) in [5.74, 6) is -2.75. The molecule has 5 N–H and O–H groups in total. The Hall–Kier alpha value is -3.54. The average molecular weight is 616 g/mol. The number of nitrogens with one attached hydrogen (secondary N) is 1. The van der Waals surface area contributed by atoms with Crippen LogP contribution in [0.2, 0.25) is 0 Å². The first-order valence-corrected chi connectivity index (χ1v) is 16.0. The van der Waals surface area contributed by atoms with Gasteiger partial charge in [-0.05, 0) is 64.2 Å². The van der Waals surface area contributed by atoms with Crippen molar-refractivity contribution in [2.24, 2.45) is 17.1 Å². The highest BCUT2D eigenvalue weighted by molar-refractivity contribution is 7.85. The minimum Gasteiger partial charge on any atom is -0.481 e. The van der Waals surface area contributed by atoms with Gasteiger partial charge in [0.05, 0.1) is 28.3 Å². The number of hydrogen-bond donors (Lipinski definition) is 4. The summed E-state index contributed by atoms with van der Waals surface area (Å²) in [6.45, 7) is 7.04. The molecule has 0 aromatic heterocycles. The second-order valence-corrected chi connectivity index (χ2v) is 12.7. The molecular weight excluding hydrogens is 570 g/mol. The molecule has 10 nitrogen and oxygen atoms in total. The number of hydrogen-bond acceptors (Lipinski definition) is 6. The van der Waals surface area contributed by atoms with Crippen LogP contribution in [0.3, 0.4) is 0 Å². The van der Waals surface area contributed by atoms with Crippen LogP contribution in [0.1, 0.15) is 76.8 Å². The third kappa shape index (κ3) is 10.6.